The third-order valence-electron chi connectivity index (χ3n) is 2.19. The molecule has 0 saturated heterocycles. The van der Waals surface area contributed by atoms with E-state index in [4.69, 9.17) is 0 Å². The zero-order valence-electron chi connectivity index (χ0n) is 10.4. The van der Waals surface area contributed by atoms with E-state index >= 15 is 0 Å². The first-order chi connectivity index (χ1) is 8.86. The molecule has 0 atom stereocenters. The number of benzene rings is 1. The molecule has 92 valence electrons. The van der Waals surface area contributed by atoms with E-state index in [2.05, 4.69) is 35.6 Å². The Morgan fingerprint density at radius 3 is 2.22 bits per heavy atom. The molecule has 1 N–H and O–H groups in total. The number of nitrogens with one attached hydrogen (secondary N) is 1. The van der Waals surface area contributed by atoms with Crippen LogP contribution in [0.2, 0.25) is 0 Å². The Morgan fingerprint density at radius 2 is 1.72 bits per heavy atom. The molecule has 2 aromatic rings. The quantitative estimate of drug-likeness (QED) is 0.879. The molecule has 0 fully saturated rings. The third kappa shape index (κ3) is 5.66. The maximum atomic E-state index is 3.98. The van der Waals surface area contributed by atoms with Gasteiger partial charge in [0.2, 0.25) is 0 Å². The Labute approximate surface area is 109 Å². The molecule has 0 amide bonds. The maximum absolute atomic E-state index is 3.98. The van der Waals surface area contributed by atoms with Crippen LogP contribution in [-0.2, 0) is 6.54 Å². The van der Waals surface area contributed by atoms with Crippen LogP contribution in [0.25, 0.3) is 6.08 Å². The molecule has 0 bridgehead atoms. The molecule has 2 nitrogen and oxygen atoms in total. The average Bonchev–Trinajstić information content (AvgIpc) is 2.48. The van der Waals surface area contributed by atoms with Crippen LogP contribution >= 0.6 is 0 Å². The summed E-state index contributed by atoms with van der Waals surface area (Å²) < 4.78 is 0. The van der Waals surface area contributed by atoms with Crippen molar-refractivity contribution in [3.8, 4) is 0 Å². The van der Waals surface area contributed by atoms with Gasteiger partial charge >= 0.3 is 0 Å². The van der Waals surface area contributed by atoms with Crippen molar-refractivity contribution >= 4 is 6.08 Å². The number of aromatic nitrogens is 1. The standard InChI is InChI=1S/C9H11N.C7H7N/c1-2-10-8-9-6-4-3-5-7-9;1-2-7-5-3-4-6-8-7/h2-7,10H,1,8H2;2-6H,1H2. The molecule has 2 rings (SSSR count). The average molecular weight is 238 g/mol. The largest absolute Gasteiger partial charge is 0.387 e. The number of nitrogens with zero attached hydrogens (tertiary/aromatic N) is 1. The molecule has 0 aliphatic rings. The van der Waals surface area contributed by atoms with Crippen molar-refractivity contribution in [3.05, 3.63) is 85.3 Å². The highest BCUT2D eigenvalue weighted by atomic mass is 14.8. The second-order valence-electron chi connectivity index (χ2n) is 3.53. The first-order valence-corrected chi connectivity index (χ1v) is 5.78. The normalized spacial score (nSPS) is 8.67. The summed E-state index contributed by atoms with van der Waals surface area (Å²) in [6, 6.07) is 16.0. The van der Waals surface area contributed by atoms with Gasteiger partial charge in [-0.3, -0.25) is 4.98 Å². The van der Waals surface area contributed by atoms with E-state index in [-0.39, 0.29) is 0 Å². The van der Waals surface area contributed by atoms with Crippen LogP contribution in [0, 0.1) is 0 Å². The predicted molar refractivity (Wildman–Crippen MR) is 77.8 cm³/mol. The van der Waals surface area contributed by atoms with Crippen molar-refractivity contribution in [2.45, 2.75) is 6.54 Å². The molecular formula is C16H18N2. The van der Waals surface area contributed by atoms with Gasteiger partial charge in [-0.15, -0.1) is 0 Å². The van der Waals surface area contributed by atoms with Crippen molar-refractivity contribution in [2.75, 3.05) is 0 Å². The molecule has 18 heavy (non-hydrogen) atoms. The van der Waals surface area contributed by atoms with Gasteiger partial charge in [0.25, 0.3) is 0 Å². The summed E-state index contributed by atoms with van der Waals surface area (Å²) in [5, 5.41) is 3.03. The summed E-state index contributed by atoms with van der Waals surface area (Å²) in [4.78, 5) is 3.98. The van der Waals surface area contributed by atoms with Gasteiger partial charge in [0.15, 0.2) is 0 Å². The fourth-order valence-electron chi connectivity index (χ4n) is 1.28. The molecule has 0 spiro atoms. The monoisotopic (exact) mass is 238 g/mol. The molecular weight excluding hydrogens is 220 g/mol. The van der Waals surface area contributed by atoms with Crippen LogP contribution in [0.15, 0.2) is 74.1 Å². The van der Waals surface area contributed by atoms with Gasteiger partial charge in [-0.1, -0.05) is 49.6 Å². The lowest BCUT2D eigenvalue weighted by Crippen LogP contribution is -2.02. The lowest BCUT2D eigenvalue weighted by molar-refractivity contribution is 0.872. The van der Waals surface area contributed by atoms with E-state index in [0.717, 1.165) is 12.2 Å². The van der Waals surface area contributed by atoms with Gasteiger partial charge in [0.1, 0.15) is 0 Å². The van der Waals surface area contributed by atoms with E-state index in [1.54, 1.807) is 18.5 Å². The van der Waals surface area contributed by atoms with Crippen LogP contribution in [0.3, 0.4) is 0 Å². The summed E-state index contributed by atoms with van der Waals surface area (Å²) in [6.07, 6.45) is 5.17. The topological polar surface area (TPSA) is 24.9 Å². The first kappa shape index (κ1) is 13.7. The van der Waals surface area contributed by atoms with Crippen molar-refractivity contribution in [1.29, 1.82) is 0 Å². The minimum absolute atomic E-state index is 0.865. The lowest BCUT2D eigenvalue weighted by atomic mass is 10.2. The van der Waals surface area contributed by atoms with Gasteiger partial charge < -0.3 is 5.32 Å². The minimum Gasteiger partial charge on any atom is -0.387 e. The summed E-state index contributed by atoms with van der Waals surface area (Å²) in [5.74, 6) is 0. The van der Waals surface area contributed by atoms with E-state index in [9.17, 15) is 0 Å². The van der Waals surface area contributed by atoms with Crippen molar-refractivity contribution in [2.24, 2.45) is 0 Å². The predicted octanol–water partition coefficient (Wildman–Crippen LogP) is 3.64. The molecule has 0 unspecified atom stereocenters. The molecule has 0 radical (unpaired) electrons. The van der Waals surface area contributed by atoms with E-state index in [1.165, 1.54) is 5.56 Å². The molecule has 0 saturated carbocycles. The fourth-order valence-corrected chi connectivity index (χ4v) is 1.28. The Kier molecular flexibility index (Phi) is 6.68. The molecule has 1 aromatic heterocycles. The zero-order valence-corrected chi connectivity index (χ0v) is 10.4. The third-order valence-corrected chi connectivity index (χ3v) is 2.19. The van der Waals surface area contributed by atoms with Crippen LogP contribution in [0.5, 0.6) is 0 Å². The van der Waals surface area contributed by atoms with Gasteiger partial charge in [-0.05, 0) is 30.0 Å². The van der Waals surface area contributed by atoms with Crippen molar-refractivity contribution < 1.29 is 0 Å². The Bertz CT molecular complexity index is 449. The van der Waals surface area contributed by atoms with Gasteiger partial charge in [0, 0.05) is 12.7 Å². The van der Waals surface area contributed by atoms with E-state index in [1.807, 2.05) is 36.4 Å². The molecule has 0 aliphatic heterocycles. The van der Waals surface area contributed by atoms with Crippen molar-refractivity contribution in [1.82, 2.24) is 10.3 Å². The van der Waals surface area contributed by atoms with Crippen LogP contribution < -0.4 is 5.32 Å². The molecule has 2 heteroatoms. The molecule has 1 heterocycles. The highest BCUT2D eigenvalue weighted by Crippen LogP contribution is 1.96. The highest BCUT2D eigenvalue weighted by Gasteiger charge is 1.84. The zero-order chi connectivity index (χ0) is 13.1. The number of hydrogen-bond acceptors (Lipinski definition) is 2. The smallest absolute Gasteiger partial charge is 0.0623 e. The summed E-state index contributed by atoms with van der Waals surface area (Å²) in [6.45, 7) is 8.00. The van der Waals surface area contributed by atoms with E-state index < -0.39 is 0 Å². The Balaban J connectivity index is 0.000000184. The van der Waals surface area contributed by atoms with Gasteiger partial charge in [0.05, 0.1) is 5.69 Å². The minimum atomic E-state index is 0.865. The summed E-state index contributed by atoms with van der Waals surface area (Å²) in [5.41, 5.74) is 2.20. The highest BCUT2D eigenvalue weighted by molar-refractivity contribution is 5.40. The second kappa shape index (κ2) is 8.76. The first-order valence-electron chi connectivity index (χ1n) is 5.78. The fraction of sp³-hybridized carbons (Fsp3) is 0.0625. The SMILES string of the molecule is C=CNCc1ccccc1.C=Cc1ccccn1. The van der Waals surface area contributed by atoms with E-state index in [0.29, 0.717) is 0 Å². The number of pyridine rings is 1. The van der Waals surface area contributed by atoms with Crippen molar-refractivity contribution in [3.63, 3.8) is 0 Å². The maximum Gasteiger partial charge on any atom is 0.0623 e. The summed E-state index contributed by atoms with van der Waals surface area (Å²) >= 11 is 0. The van der Waals surface area contributed by atoms with Crippen LogP contribution in [0.1, 0.15) is 11.3 Å². The summed E-state index contributed by atoms with van der Waals surface area (Å²) in [7, 11) is 0. The lowest BCUT2D eigenvalue weighted by Gasteiger charge is -1.98. The molecule has 1 aromatic carbocycles. The number of hydrogen-bond donors (Lipinski definition) is 1. The Hall–Kier alpha value is -2.35. The van der Waals surface area contributed by atoms with Crippen LogP contribution in [-0.4, -0.2) is 4.98 Å². The molecule has 0 aliphatic carbocycles. The van der Waals surface area contributed by atoms with Crippen LogP contribution in [0.4, 0.5) is 0 Å². The number of rotatable bonds is 4. The Morgan fingerprint density at radius 1 is 1.00 bits per heavy atom. The second-order valence-corrected chi connectivity index (χ2v) is 3.53. The van der Waals surface area contributed by atoms with Gasteiger partial charge in [-0.25, -0.2) is 0 Å². The van der Waals surface area contributed by atoms with Gasteiger partial charge in [-0.2, -0.15) is 0 Å².